The molecule has 3 heterocycles. The van der Waals surface area contributed by atoms with Crippen LogP contribution in [0.15, 0.2) is 23.0 Å². The number of benzene rings is 1. The zero-order chi connectivity index (χ0) is 23.7. The van der Waals surface area contributed by atoms with Gasteiger partial charge in [-0.1, -0.05) is 30.9 Å². The normalized spacial score (nSPS) is 19.6. The molecule has 182 valence electrons. The first kappa shape index (κ1) is 23.2. The fourth-order valence-corrected chi connectivity index (χ4v) is 6.33. The average Bonchev–Trinajstić information content (AvgIpc) is 3.27. The monoisotopic (exact) mass is 464 g/mol. The number of aromatic nitrogens is 5. The van der Waals surface area contributed by atoms with Crippen molar-refractivity contribution in [2.45, 2.75) is 71.4 Å². The van der Waals surface area contributed by atoms with E-state index >= 15 is 0 Å². The number of ether oxygens (including phenoxy) is 1. The van der Waals surface area contributed by atoms with Gasteiger partial charge in [-0.3, -0.25) is 9.69 Å². The number of fused-ring (bicyclic) bond motifs is 1. The van der Waals surface area contributed by atoms with Crippen LogP contribution < -0.4 is 5.56 Å². The van der Waals surface area contributed by atoms with Gasteiger partial charge in [0, 0.05) is 19.2 Å². The van der Waals surface area contributed by atoms with Gasteiger partial charge in [-0.2, -0.15) is 0 Å². The summed E-state index contributed by atoms with van der Waals surface area (Å²) in [4.78, 5) is 19.2. The third kappa shape index (κ3) is 4.41. The van der Waals surface area contributed by atoms with Crippen LogP contribution in [-0.2, 0) is 11.3 Å². The largest absolute Gasteiger partial charge is 0.383 e. The van der Waals surface area contributed by atoms with Crippen molar-refractivity contribution in [2.24, 2.45) is 5.41 Å². The molecule has 5 rings (SSSR count). The van der Waals surface area contributed by atoms with Crippen molar-refractivity contribution in [3.05, 3.63) is 51.1 Å². The van der Waals surface area contributed by atoms with E-state index in [-0.39, 0.29) is 11.6 Å². The summed E-state index contributed by atoms with van der Waals surface area (Å²) < 4.78 is 7.11. The molecular weight excluding hydrogens is 428 g/mol. The minimum Gasteiger partial charge on any atom is -0.383 e. The van der Waals surface area contributed by atoms with Crippen LogP contribution in [0.2, 0.25) is 0 Å². The lowest BCUT2D eigenvalue weighted by atomic mass is 9.69. The summed E-state index contributed by atoms with van der Waals surface area (Å²) in [5.74, 6) is 0.721. The third-order valence-corrected chi connectivity index (χ3v) is 7.90. The standard InChI is InChI=1S/C26H36N6O2/c1-18-14-19(2)22-20(15-18)16-21(25(33)27-22)23(24-28-29-30-32(24)12-13-34-3)31-11-7-10-26(17-31)8-5-4-6-9-26/h14-16,23H,4-13,17H2,1-3H3,(H,27,33). The number of aryl methyl sites for hydroxylation is 2. The van der Waals surface area contributed by atoms with Crippen LogP contribution >= 0.6 is 0 Å². The molecule has 8 heteroatoms. The number of hydrogen-bond donors (Lipinski definition) is 1. The quantitative estimate of drug-likeness (QED) is 0.595. The highest BCUT2D eigenvalue weighted by Gasteiger charge is 2.41. The Labute approximate surface area is 200 Å². The summed E-state index contributed by atoms with van der Waals surface area (Å²) >= 11 is 0. The van der Waals surface area contributed by atoms with Crippen molar-refractivity contribution in [1.82, 2.24) is 30.1 Å². The fraction of sp³-hybridized carbons (Fsp3) is 0.615. The summed E-state index contributed by atoms with van der Waals surface area (Å²) in [6, 6.07) is 6.03. The molecule has 2 aromatic heterocycles. The van der Waals surface area contributed by atoms with Gasteiger partial charge in [-0.05, 0) is 85.0 Å². The number of H-pyrrole nitrogens is 1. The minimum atomic E-state index is -0.292. The zero-order valence-corrected chi connectivity index (χ0v) is 20.6. The van der Waals surface area contributed by atoms with Crippen LogP contribution in [0.3, 0.4) is 0 Å². The fourth-order valence-electron chi connectivity index (χ4n) is 6.33. The van der Waals surface area contributed by atoms with E-state index in [2.05, 4.69) is 50.5 Å². The first-order valence-electron chi connectivity index (χ1n) is 12.6. The highest BCUT2D eigenvalue weighted by atomic mass is 16.5. The first-order valence-corrected chi connectivity index (χ1v) is 12.6. The second kappa shape index (κ2) is 9.58. The van der Waals surface area contributed by atoms with Crippen molar-refractivity contribution < 1.29 is 4.74 Å². The number of pyridine rings is 1. The molecule has 0 amide bonds. The number of methoxy groups -OCH3 is 1. The molecule has 2 fully saturated rings. The number of aromatic amines is 1. The van der Waals surface area contributed by atoms with Crippen molar-refractivity contribution in [3.63, 3.8) is 0 Å². The van der Waals surface area contributed by atoms with Gasteiger partial charge in [0.25, 0.3) is 5.56 Å². The number of rotatable bonds is 6. The van der Waals surface area contributed by atoms with Crippen LogP contribution in [0.25, 0.3) is 10.9 Å². The molecule has 1 spiro atoms. The topological polar surface area (TPSA) is 88.9 Å². The van der Waals surface area contributed by atoms with Gasteiger partial charge in [-0.15, -0.1) is 5.10 Å². The molecule has 1 saturated heterocycles. The molecule has 34 heavy (non-hydrogen) atoms. The molecule has 0 radical (unpaired) electrons. The summed E-state index contributed by atoms with van der Waals surface area (Å²) in [6.45, 7) is 7.13. The second-order valence-electron chi connectivity index (χ2n) is 10.4. The molecule has 1 saturated carbocycles. The molecule has 1 N–H and O–H groups in total. The third-order valence-electron chi connectivity index (χ3n) is 7.90. The van der Waals surface area contributed by atoms with E-state index < -0.39 is 0 Å². The zero-order valence-electron chi connectivity index (χ0n) is 20.6. The Hall–Kier alpha value is -2.58. The van der Waals surface area contributed by atoms with Crippen molar-refractivity contribution in [2.75, 3.05) is 26.8 Å². The maximum Gasteiger partial charge on any atom is 0.253 e. The van der Waals surface area contributed by atoms with Crippen molar-refractivity contribution in [3.8, 4) is 0 Å². The first-order chi connectivity index (χ1) is 16.5. The maximum absolute atomic E-state index is 13.6. The molecule has 1 aliphatic carbocycles. The van der Waals surface area contributed by atoms with Gasteiger partial charge in [0.2, 0.25) is 0 Å². The second-order valence-corrected chi connectivity index (χ2v) is 10.4. The predicted octanol–water partition coefficient (Wildman–Crippen LogP) is 3.91. The molecular formula is C26H36N6O2. The predicted molar refractivity (Wildman–Crippen MR) is 132 cm³/mol. The highest BCUT2D eigenvalue weighted by Crippen LogP contribution is 2.45. The van der Waals surface area contributed by atoms with Gasteiger partial charge in [0.15, 0.2) is 5.82 Å². The summed E-state index contributed by atoms with van der Waals surface area (Å²) in [5.41, 5.74) is 4.17. The molecule has 0 bridgehead atoms. The Balaban J connectivity index is 1.62. The SMILES string of the molecule is COCCn1nnnc1C(c1cc2cc(C)cc(C)c2[nH]c1=O)N1CCCC2(CCCCC2)C1. The Morgan fingerprint density at radius 3 is 2.71 bits per heavy atom. The summed E-state index contributed by atoms with van der Waals surface area (Å²) in [5, 5.41) is 13.8. The van der Waals surface area contributed by atoms with E-state index in [0.29, 0.717) is 18.6 Å². The smallest absolute Gasteiger partial charge is 0.253 e. The van der Waals surface area contributed by atoms with Gasteiger partial charge < -0.3 is 9.72 Å². The molecule has 2 aliphatic rings. The van der Waals surface area contributed by atoms with Gasteiger partial charge in [-0.25, -0.2) is 4.68 Å². The van der Waals surface area contributed by atoms with Crippen LogP contribution in [0.4, 0.5) is 0 Å². The summed E-state index contributed by atoms with van der Waals surface area (Å²) in [7, 11) is 1.68. The number of likely N-dealkylation sites (tertiary alicyclic amines) is 1. The van der Waals surface area contributed by atoms with E-state index in [4.69, 9.17) is 4.74 Å². The van der Waals surface area contributed by atoms with Crippen molar-refractivity contribution >= 4 is 10.9 Å². The maximum atomic E-state index is 13.6. The van der Waals surface area contributed by atoms with Crippen molar-refractivity contribution in [1.29, 1.82) is 0 Å². The molecule has 1 aliphatic heterocycles. The van der Waals surface area contributed by atoms with Crippen LogP contribution in [0, 0.1) is 19.3 Å². The lowest BCUT2D eigenvalue weighted by Gasteiger charge is -2.47. The van der Waals surface area contributed by atoms with Crippen LogP contribution in [-0.4, -0.2) is 56.9 Å². The van der Waals surface area contributed by atoms with E-state index in [1.54, 1.807) is 11.8 Å². The molecule has 1 unspecified atom stereocenters. The van der Waals surface area contributed by atoms with Crippen LogP contribution in [0.5, 0.6) is 0 Å². The lowest BCUT2D eigenvalue weighted by Crippen LogP contribution is -2.47. The minimum absolute atomic E-state index is 0.0611. The van der Waals surface area contributed by atoms with E-state index in [1.807, 2.05) is 6.92 Å². The number of hydrogen-bond acceptors (Lipinski definition) is 6. The molecule has 8 nitrogen and oxygen atoms in total. The highest BCUT2D eigenvalue weighted by molar-refractivity contribution is 5.83. The number of tetrazole rings is 1. The number of piperidine rings is 1. The number of nitrogens with zero attached hydrogens (tertiary/aromatic N) is 5. The van der Waals surface area contributed by atoms with Gasteiger partial charge in [0.1, 0.15) is 6.04 Å². The average molecular weight is 465 g/mol. The Kier molecular flexibility index (Phi) is 6.53. The number of nitrogens with one attached hydrogen (secondary N) is 1. The Morgan fingerprint density at radius 1 is 1.12 bits per heavy atom. The van der Waals surface area contributed by atoms with Crippen LogP contribution in [0.1, 0.15) is 73.5 Å². The van der Waals surface area contributed by atoms with E-state index in [0.717, 1.165) is 47.4 Å². The van der Waals surface area contributed by atoms with E-state index in [9.17, 15) is 4.79 Å². The Bertz CT molecular complexity index is 1200. The molecule has 1 aromatic carbocycles. The van der Waals surface area contributed by atoms with E-state index in [1.165, 1.54) is 44.1 Å². The lowest BCUT2D eigenvalue weighted by molar-refractivity contribution is 0.0335. The molecule has 1 atom stereocenters. The van der Waals surface area contributed by atoms with Gasteiger partial charge >= 0.3 is 0 Å². The van der Waals surface area contributed by atoms with Gasteiger partial charge in [0.05, 0.1) is 18.7 Å². The molecule has 3 aromatic rings. The summed E-state index contributed by atoms with van der Waals surface area (Å²) in [6.07, 6.45) is 8.91. The Morgan fingerprint density at radius 2 is 1.91 bits per heavy atom.